The van der Waals surface area contributed by atoms with Crippen molar-refractivity contribution in [3.63, 3.8) is 0 Å². The van der Waals surface area contributed by atoms with Crippen LogP contribution in [0.5, 0.6) is 0 Å². The first kappa shape index (κ1) is 13.2. The number of para-hydroxylation sites is 1. The van der Waals surface area contributed by atoms with Crippen LogP contribution >= 0.6 is 0 Å². The number of nitrogens with one attached hydrogen (secondary N) is 1. The molecular formula is C18H23N3. The predicted octanol–water partition coefficient (Wildman–Crippen LogP) is 2.95. The maximum atomic E-state index is 4.55. The van der Waals surface area contributed by atoms with Crippen molar-refractivity contribution >= 4 is 10.9 Å². The van der Waals surface area contributed by atoms with E-state index in [0.717, 1.165) is 24.1 Å². The summed E-state index contributed by atoms with van der Waals surface area (Å²) < 4.78 is 0. The summed E-state index contributed by atoms with van der Waals surface area (Å²) in [7, 11) is 2.30. The van der Waals surface area contributed by atoms with Crippen molar-refractivity contribution in [2.24, 2.45) is 0 Å². The minimum atomic E-state index is 0.665. The van der Waals surface area contributed by atoms with Gasteiger partial charge in [-0.05, 0) is 44.4 Å². The first-order chi connectivity index (χ1) is 10.3. The number of pyridine rings is 1. The lowest BCUT2D eigenvalue weighted by atomic mass is 9.97. The molecule has 2 aromatic rings. The van der Waals surface area contributed by atoms with Crippen molar-refractivity contribution < 1.29 is 0 Å². The van der Waals surface area contributed by atoms with Crippen molar-refractivity contribution in [3.8, 4) is 0 Å². The topological polar surface area (TPSA) is 28.2 Å². The molecule has 2 aliphatic rings. The Bertz CT molecular complexity index is 620. The molecule has 21 heavy (non-hydrogen) atoms. The van der Waals surface area contributed by atoms with Crippen LogP contribution in [0.4, 0.5) is 0 Å². The molecule has 0 aliphatic carbocycles. The Labute approximate surface area is 126 Å². The Kier molecular flexibility index (Phi) is 3.40. The zero-order valence-electron chi connectivity index (χ0n) is 12.6. The van der Waals surface area contributed by atoms with E-state index in [-0.39, 0.29) is 0 Å². The monoisotopic (exact) mass is 281 g/mol. The molecule has 2 unspecified atom stereocenters. The number of fused-ring (bicyclic) bond motifs is 3. The third-order valence-electron chi connectivity index (χ3n) is 5.40. The second kappa shape index (κ2) is 5.39. The van der Waals surface area contributed by atoms with Gasteiger partial charge in [0.05, 0.1) is 5.52 Å². The Balaban J connectivity index is 1.47. The lowest BCUT2D eigenvalue weighted by Crippen LogP contribution is -2.47. The summed E-state index contributed by atoms with van der Waals surface area (Å²) >= 11 is 0. The predicted molar refractivity (Wildman–Crippen MR) is 86.2 cm³/mol. The molecular weight excluding hydrogens is 258 g/mol. The van der Waals surface area contributed by atoms with Crippen molar-refractivity contribution in [1.82, 2.24) is 15.2 Å². The molecule has 3 heteroatoms. The minimum Gasteiger partial charge on any atom is -0.310 e. The molecule has 2 bridgehead atoms. The Morgan fingerprint density at radius 1 is 1.14 bits per heavy atom. The van der Waals surface area contributed by atoms with E-state index in [1.54, 1.807) is 0 Å². The standard InChI is InChI=1S/C18H23N3/c1-21-16-7-8-17(21)11-15(10-16)20-12-14-5-2-4-13-6-3-9-19-18(13)14/h2-6,9,15-17,20H,7-8,10-12H2,1H3. The van der Waals surface area contributed by atoms with Gasteiger partial charge in [-0.15, -0.1) is 0 Å². The number of benzene rings is 1. The van der Waals surface area contributed by atoms with Gasteiger partial charge in [-0.25, -0.2) is 0 Å². The van der Waals surface area contributed by atoms with Crippen LogP contribution in [0.2, 0.25) is 0 Å². The molecule has 3 nitrogen and oxygen atoms in total. The highest BCUT2D eigenvalue weighted by Crippen LogP contribution is 2.34. The zero-order valence-corrected chi connectivity index (χ0v) is 12.6. The molecule has 2 fully saturated rings. The second-order valence-corrected chi connectivity index (χ2v) is 6.59. The molecule has 0 amide bonds. The largest absolute Gasteiger partial charge is 0.310 e. The smallest absolute Gasteiger partial charge is 0.0746 e. The van der Waals surface area contributed by atoms with E-state index in [1.807, 2.05) is 12.3 Å². The van der Waals surface area contributed by atoms with Crippen LogP contribution in [0, 0.1) is 0 Å². The lowest BCUT2D eigenvalue weighted by Gasteiger charge is -2.36. The lowest BCUT2D eigenvalue weighted by molar-refractivity contribution is 0.148. The Hall–Kier alpha value is -1.45. The van der Waals surface area contributed by atoms with E-state index in [0.29, 0.717) is 6.04 Å². The van der Waals surface area contributed by atoms with E-state index in [9.17, 15) is 0 Å². The average Bonchev–Trinajstić information content (AvgIpc) is 2.75. The number of hydrogen-bond donors (Lipinski definition) is 1. The average molecular weight is 281 g/mol. The molecule has 2 aliphatic heterocycles. The van der Waals surface area contributed by atoms with Crippen molar-refractivity contribution in [2.45, 2.75) is 50.4 Å². The summed E-state index contributed by atoms with van der Waals surface area (Å²) in [5, 5.41) is 5.02. The molecule has 1 aromatic heterocycles. The van der Waals surface area contributed by atoms with Crippen LogP contribution in [0.3, 0.4) is 0 Å². The second-order valence-electron chi connectivity index (χ2n) is 6.59. The molecule has 2 saturated heterocycles. The highest BCUT2D eigenvalue weighted by atomic mass is 15.2. The van der Waals surface area contributed by atoms with Crippen molar-refractivity contribution in [1.29, 1.82) is 0 Å². The van der Waals surface area contributed by atoms with Gasteiger partial charge in [0.25, 0.3) is 0 Å². The van der Waals surface area contributed by atoms with Gasteiger partial charge < -0.3 is 10.2 Å². The molecule has 1 N–H and O–H groups in total. The van der Waals surface area contributed by atoms with Gasteiger partial charge in [0.15, 0.2) is 0 Å². The Morgan fingerprint density at radius 3 is 2.71 bits per heavy atom. The first-order valence-corrected chi connectivity index (χ1v) is 8.09. The van der Waals surface area contributed by atoms with E-state index in [1.165, 1.54) is 36.6 Å². The minimum absolute atomic E-state index is 0.665. The highest BCUT2D eigenvalue weighted by molar-refractivity contribution is 5.81. The number of piperidine rings is 1. The van der Waals surface area contributed by atoms with E-state index in [2.05, 4.69) is 46.5 Å². The van der Waals surface area contributed by atoms with Crippen LogP contribution in [-0.4, -0.2) is 35.1 Å². The summed E-state index contributed by atoms with van der Waals surface area (Å²) in [5.74, 6) is 0. The highest BCUT2D eigenvalue weighted by Gasteiger charge is 2.38. The molecule has 2 atom stereocenters. The molecule has 1 aromatic carbocycles. The maximum Gasteiger partial charge on any atom is 0.0746 e. The van der Waals surface area contributed by atoms with E-state index >= 15 is 0 Å². The Morgan fingerprint density at radius 2 is 1.90 bits per heavy atom. The third-order valence-corrected chi connectivity index (χ3v) is 5.40. The summed E-state index contributed by atoms with van der Waals surface area (Å²) in [6.45, 7) is 0.933. The fourth-order valence-corrected chi connectivity index (χ4v) is 4.14. The van der Waals surface area contributed by atoms with Crippen LogP contribution in [-0.2, 0) is 6.54 Å². The summed E-state index contributed by atoms with van der Waals surface area (Å²) in [4.78, 5) is 7.15. The molecule has 0 radical (unpaired) electrons. The molecule has 0 saturated carbocycles. The fraction of sp³-hybridized carbons (Fsp3) is 0.500. The molecule has 4 rings (SSSR count). The van der Waals surface area contributed by atoms with Gasteiger partial charge in [-0.2, -0.15) is 0 Å². The summed E-state index contributed by atoms with van der Waals surface area (Å²) in [6, 6.07) is 12.9. The number of aromatic nitrogens is 1. The fourth-order valence-electron chi connectivity index (χ4n) is 4.14. The molecule has 3 heterocycles. The quantitative estimate of drug-likeness (QED) is 0.937. The summed E-state index contributed by atoms with van der Waals surface area (Å²) in [5.41, 5.74) is 2.46. The van der Waals surface area contributed by atoms with Crippen LogP contribution < -0.4 is 5.32 Å². The molecule has 0 spiro atoms. The van der Waals surface area contributed by atoms with Crippen LogP contribution in [0.25, 0.3) is 10.9 Å². The van der Waals surface area contributed by atoms with Gasteiger partial charge in [0.2, 0.25) is 0 Å². The van der Waals surface area contributed by atoms with Crippen molar-refractivity contribution in [3.05, 3.63) is 42.1 Å². The number of rotatable bonds is 3. The van der Waals surface area contributed by atoms with Gasteiger partial charge in [0.1, 0.15) is 0 Å². The van der Waals surface area contributed by atoms with Crippen LogP contribution in [0.15, 0.2) is 36.5 Å². The van der Waals surface area contributed by atoms with Gasteiger partial charge >= 0.3 is 0 Å². The summed E-state index contributed by atoms with van der Waals surface area (Å²) in [6.07, 6.45) is 7.25. The zero-order chi connectivity index (χ0) is 14.2. The van der Waals surface area contributed by atoms with Gasteiger partial charge in [-0.1, -0.05) is 24.3 Å². The van der Waals surface area contributed by atoms with Crippen molar-refractivity contribution in [2.75, 3.05) is 7.05 Å². The molecule has 110 valence electrons. The SMILES string of the molecule is CN1C2CCC1CC(NCc1cccc3cccnc13)C2. The number of nitrogens with zero attached hydrogens (tertiary/aromatic N) is 2. The first-order valence-electron chi connectivity index (χ1n) is 8.09. The van der Waals surface area contributed by atoms with Gasteiger partial charge in [-0.3, -0.25) is 4.98 Å². The van der Waals surface area contributed by atoms with Gasteiger partial charge in [0, 0.05) is 36.3 Å². The third kappa shape index (κ3) is 2.45. The number of hydrogen-bond acceptors (Lipinski definition) is 3. The van der Waals surface area contributed by atoms with E-state index < -0.39 is 0 Å². The normalized spacial score (nSPS) is 29.1. The van der Waals surface area contributed by atoms with Crippen LogP contribution in [0.1, 0.15) is 31.2 Å². The van der Waals surface area contributed by atoms with E-state index in [4.69, 9.17) is 0 Å². The maximum absolute atomic E-state index is 4.55.